The van der Waals surface area contributed by atoms with Crippen molar-refractivity contribution in [3.63, 3.8) is 0 Å². The van der Waals surface area contributed by atoms with Crippen molar-refractivity contribution in [2.75, 3.05) is 16.0 Å². The molecule has 2 aromatic heterocycles. The van der Waals surface area contributed by atoms with Crippen LogP contribution >= 0.6 is 0 Å². The van der Waals surface area contributed by atoms with Crippen molar-refractivity contribution in [3.8, 4) is 11.4 Å². The minimum absolute atomic E-state index is 1.03. The number of hydrogen-bond donors (Lipinski definition) is 3. The second-order valence-corrected chi connectivity index (χ2v) is 13.4. The summed E-state index contributed by atoms with van der Waals surface area (Å²) >= 11 is 0. The molecule has 53 heavy (non-hydrogen) atoms. The molecule has 0 fully saturated rings. The van der Waals surface area contributed by atoms with Gasteiger partial charge >= 0.3 is 0 Å². The van der Waals surface area contributed by atoms with Crippen LogP contribution in [0.3, 0.4) is 0 Å². The van der Waals surface area contributed by atoms with Crippen LogP contribution in [0, 0.1) is 0 Å². The van der Waals surface area contributed by atoms with E-state index in [1.165, 1.54) is 43.6 Å². The van der Waals surface area contributed by atoms with Gasteiger partial charge in [-0.25, -0.2) is 0 Å². The number of fused-ring (bicyclic) bond motifs is 6. The zero-order chi connectivity index (χ0) is 35.1. The van der Waals surface area contributed by atoms with Crippen molar-refractivity contribution in [1.82, 2.24) is 9.13 Å². The molecule has 0 atom stereocenters. The Hall–Kier alpha value is -7.24. The van der Waals surface area contributed by atoms with Crippen LogP contribution in [0.1, 0.15) is 0 Å². The molecule has 0 bridgehead atoms. The molecule has 0 spiro atoms. The van der Waals surface area contributed by atoms with E-state index in [4.69, 9.17) is 0 Å². The predicted octanol–water partition coefficient (Wildman–Crippen LogP) is 13.1. The molecule has 10 rings (SSSR count). The second-order valence-electron chi connectivity index (χ2n) is 13.4. The van der Waals surface area contributed by atoms with Gasteiger partial charge in [-0.05, 0) is 121 Å². The molecule has 2 heterocycles. The van der Waals surface area contributed by atoms with Crippen molar-refractivity contribution in [1.29, 1.82) is 0 Å². The molecule has 5 nitrogen and oxygen atoms in total. The Labute approximate surface area is 307 Å². The minimum atomic E-state index is 1.03. The summed E-state index contributed by atoms with van der Waals surface area (Å²) in [5.41, 5.74) is 13.3. The quantitative estimate of drug-likeness (QED) is 0.150. The monoisotopic (exact) mass is 681 g/mol. The molecule has 10 aromatic rings. The van der Waals surface area contributed by atoms with Gasteiger partial charge in [-0.15, -0.1) is 0 Å². The maximum absolute atomic E-state index is 3.62. The predicted molar refractivity (Wildman–Crippen MR) is 224 cm³/mol. The van der Waals surface area contributed by atoms with Crippen LogP contribution in [0.5, 0.6) is 0 Å². The van der Waals surface area contributed by atoms with Gasteiger partial charge in [-0.1, -0.05) is 72.8 Å². The first kappa shape index (κ1) is 30.6. The Balaban J connectivity index is 0.843. The van der Waals surface area contributed by atoms with E-state index in [9.17, 15) is 0 Å². The van der Waals surface area contributed by atoms with Crippen LogP contribution in [0.4, 0.5) is 34.1 Å². The summed E-state index contributed by atoms with van der Waals surface area (Å²) < 4.78 is 4.67. The van der Waals surface area contributed by atoms with Crippen molar-refractivity contribution >= 4 is 77.7 Å². The first-order valence-corrected chi connectivity index (χ1v) is 17.9. The number of hydrogen-bond acceptors (Lipinski definition) is 3. The molecule has 0 radical (unpaired) electrons. The second kappa shape index (κ2) is 12.8. The van der Waals surface area contributed by atoms with Crippen LogP contribution in [0.15, 0.2) is 194 Å². The highest BCUT2D eigenvalue weighted by Crippen LogP contribution is 2.36. The van der Waals surface area contributed by atoms with Gasteiger partial charge in [-0.2, -0.15) is 0 Å². The van der Waals surface area contributed by atoms with E-state index in [1.807, 2.05) is 0 Å². The normalized spacial score (nSPS) is 11.4. The third-order valence-corrected chi connectivity index (χ3v) is 10.0. The zero-order valence-corrected chi connectivity index (χ0v) is 28.9. The third kappa shape index (κ3) is 5.61. The van der Waals surface area contributed by atoms with Crippen molar-refractivity contribution in [2.24, 2.45) is 0 Å². The Morgan fingerprint density at radius 2 is 0.547 bits per heavy atom. The molecule has 0 aliphatic carbocycles. The molecule has 0 aliphatic heterocycles. The fourth-order valence-electron chi connectivity index (χ4n) is 7.59. The molecule has 8 aromatic carbocycles. The van der Waals surface area contributed by atoms with Gasteiger partial charge in [0.1, 0.15) is 0 Å². The third-order valence-electron chi connectivity index (χ3n) is 10.0. The van der Waals surface area contributed by atoms with Gasteiger partial charge in [0.2, 0.25) is 0 Å². The van der Waals surface area contributed by atoms with E-state index in [1.54, 1.807) is 0 Å². The molecular weight excluding hydrogens is 647 g/mol. The van der Waals surface area contributed by atoms with Crippen molar-refractivity contribution < 1.29 is 0 Å². The first-order valence-electron chi connectivity index (χ1n) is 17.9. The molecule has 0 saturated carbocycles. The lowest BCUT2D eigenvalue weighted by atomic mass is 10.1. The number of anilines is 6. The van der Waals surface area contributed by atoms with Gasteiger partial charge in [0.15, 0.2) is 0 Å². The van der Waals surface area contributed by atoms with Crippen LogP contribution < -0.4 is 16.0 Å². The molecule has 0 aliphatic rings. The molecule has 0 saturated heterocycles. The van der Waals surface area contributed by atoms with E-state index in [0.717, 1.165) is 45.5 Å². The Kier molecular flexibility index (Phi) is 7.40. The standard InChI is InChI=1S/C48H35N5/c1-3-11-39(12-4-1)52-45-17-9-7-15-41(45)43-31-37(27-29-47(43)52)50-35-23-19-33(20-24-35)49-34-21-25-36(26-22-34)51-38-28-30-48-44(32-38)42-16-8-10-18-46(42)53(48)40-13-5-2-6-14-40/h1-32,49-51H. The maximum Gasteiger partial charge on any atom is 0.0542 e. The number of nitrogens with zero attached hydrogens (tertiary/aromatic N) is 2. The first-order chi connectivity index (χ1) is 26.2. The van der Waals surface area contributed by atoms with Crippen LogP contribution in [0.2, 0.25) is 0 Å². The summed E-state index contributed by atoms with van der Waals surface area (Å²) in [6, 6.07) is 68.4. The van der Waals surface area contributed by atoms with Gasteiger partial charge in [0.25, 0.3) is 0 Å². The van der Waals surface area contributed by atoms with Gasteiger partial charge in [0.05, 0.1) is 22.1 Å². The summed E-state index contributed by atoms with van der Waals surface area (Å²) in [4.78, 5) is 0. The lowest BCUT2D eigenvalue weighted by Gasteiger charge is -2.12. The fraction of sp³-hybridized carbons (Fsp3) is 0. The highest BCUT2D eigenvalue weighted by Gasteiger charge is 2.14. The number of benzene rings is 8. The zero-order valence-electron chi connectivity index (χ0n) is 28.9. The van der Waals surface area contributed by atoms with E-state index in [-0.39, 0.29) is 0 Å². The SMILES string of the molecule is c1ccc(-n2c3ccccc3c3cc(Nc4ccc(Nc5ccc(Nc6ccc7c(c6)c6ccccc6n7-c6ccccc6)cc5)cc4)ccc32)cc1. The molecule has 3 N–H and O–H groups in total. The van der Waals surface area contributed by atoms with E-state index < -0.39 is 0 Å². The molecular formula is C48H35N5. The lowest BCUT2D eigenvalue weighted by molar-refractivity contribution is 1.18. The lowest BCUT2D eigenvalue weighted by Crippen LogP contribution is -1.95. The van der Waals surface area contributed by atoms with E-state index in [2.05, 4.69) is 219 Å². The maximum atomic E-state index is 3.62. The van der Waals surface area contributed by atoms with Gasteiger partial charge < -0.3 is 25.1 Å². The average Bonchev–Trinajstić information content (AvgIpc) is 3.72. The fourth-order valence-corrected chi connectivity index (χ4v) is 7.59. The molecule has 0 amide bonds. The van der Waals surface area contributed by atoms with Crippen molar-refractivity contribution in [2.45, 2.75) is 0 Å². The van der Waals surface area contributed by atoms with Crippen LogP contribution in [-0.2, 0) is 0 Å². The van der Waals surface area contributed by atoms with Crippen LogP contribution in [0.25, 0.3) is 55.0 Å². The van der Waals surface area contributed by atoms with Gasteiger partial charge in [-0.3, -0.25) is 0 Å². The molecule has 5 heteroatoms. The molecule has 0 unspecified atom stereocenters. The van der Waals surface area contributed by atoms with Crippen molar-refractivity contribution in [3.05, 3.63) is 194 Å². The number of rotatable bonds is 8. The Morgan fingerprint density at radius 3 is 0.943 bits per heavy atom. The topological polar surface area (TPSA) is 46.0 Å². The molecule has 252 valence electrons. The Morgan fingerprint density at radius 1 is 0.245 bits per heavy atom. The summed E-state index contributed by atoms with van der Waals surface area (Å²) in [5, 5.41) is 15.7. The van der Waals surface area contributed by atoms with Gasteiger partial charge in [0, 0.05) is 67.0 Å². The highest BCUT2D eigenvalue weighted by molar-refractivity contribution is 6.11. The number of aromatic nitrogens is 2. The summed E-state index contributed by atoms with van der Waals surface area (Å²) in [6.07, 6.45) is 0. The highest BCUT2D eigenvalue weighted by atomic mass is 15.0. The summed E-state index contributed by atoms with van der Waals surface area (Å²) in [6.45, 7) is 0. The van der Waals surface area contributed by atoms with E-state index >= 15 is 0 Å². The Bertz CT molecular complexity index is 2690. The number of para-hydroxylation sites is 4. The minimum Gasteiger partial charge on any atom is -0.356 e. The van der Waals surface area contributed by atoms with E-state index in [0.29, 0.717) is 0 Å². The average molecular weight is 682 g/mol. The number of nitrogens with one attached hydrogen (secondary N) is 3. The summed E-state index contributed by atoms with van der Waals surface area (Å²) in [7, 11) is 0. The summed E-state index contributed by atoms with van der Waals surface area (Å²) in [5.74, 6) is 0. The smallest absolute Gasteiger partial charge is 0.0542 e. The van der Waals surface area contributed by atoms with Crippen LogP contribution in [-0.4, -0.2) is 9.13 Å². The largest absolute Gasteiger partial charge is 0.356 e.